The average Bonchev–Trinajstić information content (AvgIpc) is 2.19. The molecule has 1 heterocycles. The zero-order valence-corrected chi connectivity index (χ0v) is 8.61. The van der Waals surface area contributed by atoms with Crippen LogP contribution in [0, 0.1) is 12.8 Å². The molecule has 0 saturated heterocycles. The summed E-state index contributed by atoms with van der Waals surface area (Å²) in [5.74, 6) is 0.680. The van der Waals surface area contributed by atoms with Gasteiger partial charge in [-0.25, -0.2) is 0 Å². The fraction of sp³-hybridized carbons (Fsp3) is 0.500. The molecule has 2 nitrogen and oxygen atoms in total. The lowest BCUT2D eigenvalue weighted by atomic mass is 9.92. The van der Waals surface area contributed by atoms with E-state index in [1.165, 1.54) is 19.3 Å². The Labute approximate surface area is 85.1 Å². The molecule has 0 unspecified atom stereocenters. The summed E-state index contributed by atoms with van der Waals surface area (Å²) in [5, 5.41) is 0. The van der Waals surface area contributed by atoms with Gasteiger partial charge in [0.1, 0.15) is 0 Å². The minimum atomic E-state index is 0.680. The van der Waals surface area contributed by atoms with Crippen LogP contribution in [0.4, 0.5) is 0 Å². The van der Waals surface area contributed by atoms with Crippen LogP contribution >= 0.6 is 0 Å². The van der Waals surface area contributed by atoms with Crippen LogP contribution in [-0.4, -0.2) is 9.97 Å². The third-order valence-corrected chi connectivity index (χ3v) is 2.63. The smallest absolute Gasteiger partial charge is 0.0595 e. The Morgan fingerprint density at radius 1 is 1.43 bits per heavy atom. The van der Waals surface area contributed by atoms with E-state index in [1.807, 2.05) is 13.1 Å². The molecule has 0 radical (unpaired) electrons. The van der Waals surface area contributed by atoms with Crippen molar-refractivity contribution in [2.24, 2.45) is 5.92 Å². The maximum Gasteiger partial charge on any atom is 0.0595 e. The van der Waals surface area contributed by atoms with Gasteiger partial charge in [0.15, 0.2) is 0 Å². The van der Waals surface area contributed by atoms with Crippen molar-refractivity contribution in [3.63, 3.8) is 0 Å². The van der Waals surface area contributed by atoms with Crippen LogP contribution in [0.1, 0.15) is 30.7 Å². The lowest BCUT2D eigenvalue weighted by molar-refractivity contribution is 0.532. The third-order valence-electron chi connectivity index (χ3n) is 2.63. The predicted octanol–water partition coefficient (Wildman–Crippen LogP) is 2.68. The summed E-state index contributed by atoms with van der Waals surface area (Å²) < 4.78 is 0. The lowest BCUT2D eigenvalue weighted by Crippen LogP contribution is -2.06. The Morgan fingerprint density at radius 2 is 2.36 bits per heavy atom. The molecule has 2 heteroatoms. The summed E-state index contributed by atoms with van der Waals surface area (Å²) in [5.41, 5.74) is 2.14. The van der Waals surface area contributed by atoms with Crippen LogP contribution in [0.5, 0.6) is 0 Å². The normalized spacial score (nSPS) is 21.1. The van der Waals surface area contributed by atoms with E-state index in [0.717, 1.165) is 17.8 Å². The van der Waals surface area contributed by atoms with E-state index in [2.05, 4.69) is 22.1 Å². The van der Waals surface area contributed by atoms with Crippen molar-refractivity contribution in [2.45, 2.75) is 32.6 Å². The Balaban J connectivity index is 2.02. The quantitative estimate of drug-likeness (QED) is 0.667. The Morgan fingerprint density at radius 3 is 3.07 bits per heavy atom. The number of aryl methyl sites for hydroxylation is 1. The fourth-order valence-electron chi connectivity index (χ4n) is 1.94. The first-order valence-corrected chi connectivity index (χ1v) is 5.29. The lowest BCUT2D eigenvalue weighted by Gasteiger charge is -2.15. The van der Waals surface area contributed by atoms with Crippen LogP contribution in [0.25, 0.3) is 0 Å². The first-order valence-electron chi connectivity index (χ1n) is 5.29. The highest BCUT2D eigenvalue weighted by Gasteiger charge is 2.09. The van der Waals surface area contributed by atoms with Crippen LogP contribution in [-0.2, 0) is 6.42 Å². The van der Waals surface area contributed by atoms with Crippen molar-refractivity contribution >= 4 is 0 Å². The van der Waals surface area contributed by atoms with Crippen LogP contribution in [0.3, 0.4) is 0 Å². The second kappa shape index (κ2) is 4.36. The van der Waals surface area contributed by atoms with E-state index in [-0.39, 0.29) is 0 Å². The molecular formula is C12H16N2. The third kappa shape index (κ3) is 2.41. The van der Waals surface area contributed by atoms with Crippen molar-refractivity contribution in [1.29, 1.82) is 0 Å². The Kier molecular flexibility index (Phi) is 2.92. The van der Waals surface area contributed by atoms with Gasteiger partial charge in [0, 0.05) is 12.4 Å². The molecule has 0 spiro atoms. The van der Waals surface area contributed by atoms with E-state index in [0.29, 0.717) is 5.92 Å². The summed E-state index contributed by atoms with van der Waals surface area (Å²) in [6.45, 7) is 1.99. The number of hydrogen-bond acceptors (Lipinski definition) is 2. The van der Waals surface area contributed by atoms with Crippen molar-refractivity contribution < 1.29 is 0 Å². The van der Waals surface area contributed by atoms with E-state index >= 15 is 0 Å². The van der Waals surface area contributed by atoms with Crippen molar-refractivity contribution in [1.82, 2.24) is 9.97 Å². The van der Waals surface area contributed by atoms with Crippen LogP contribution in [0.2, 0.25) is 0 Å². The van der Waals surface area contributed by atoms with Gasteiger partial charge in [-0.3, -0.25) is 9.97 Å². The van der Waals surface area contributed by atoms with Crippen LogP contribution in [0.15, 0.2) is 24.5 Å². The van der Waals surface area contributed by atoms with E-state index in [4.69, 9.17) is 0 Å². The monoisotopic (exact) mass is 188 g/mol. The standard InChI is InChI=1S/C12H16N2/c1-10-8-13-9-12(14-10)7-11-5-3-2-4-6-11/h3,5,8-9,11H,2,4,6-7H2,1H3/t11-/m0/s1. The maximum absolute atomic E-state index is 4.47. The molecule has 0 aliphatic heterocycles. The summed E-state index contributed by atoms with van der Waals surface area (Å²) in [6.07, 6.45) is 13.2. The van der Waals surface area contributed by atoms with E-state index in [1.54, 1.807) is 6.20 Å². The summed E-state index contributed by atoms with van der Waals surface area (Å²) in [4.78, 5) is 8.63. The van der Waals surface area contributed by atoms with Crippen molar-refractivity contribution in [3.05, 3.63) is 35.9 Å². The Hall–Kier alpha value is -1.18. The molecule has 0 N–H and O–H groups in total. The largest absolute Gasteiger partial charge is 0.261 e. The summed E-state index contributed by atoms with van der Waals surface area (Å²) in [7, 11) is 0. The van der Waals surface area contributed by atoms with Crippen molar-refractivity contribution in [3.8, 4) is 0 Å². The zero-order valence-electron chi connectivity index (χ0n) is 8.61. The molecule has 0 amide bonds. The molecule has 0 aromatic carbocycles. The second-order valence-corrected chi connectivity index (χ2v) is 3.98. The topological polar surface area (TPSA) is 25.8 Å². The highest BCUT2D eigenvalue weighted by Crippen LogP contribution is 2.20. The molecular weight excluding hydrogens is 172 g/mol. The minimum absolute atomic E-state index is 0.680. The molecule has 1 aromatic rings. The molecule has 14 heavy (non-hydrogen) atoms. The number of rotatable bonds is 2. The molecule has 1 aliphatic carbocycles. The van der Waals surface area contributed by atoms with Crippen molar-refractivity contribution in [2.75, 3.05) is 0 Å². The maximum atomic E-state index is 4.47. The number of allylic oxidation sites excluding steroid dienone is 2. The average molecular weight is 188 g/mol. The highest BCUT2D eigenvalue weighted by molar-refractivity contribution is 5.05. The predicted molar refractivity (Wildman–Crippen MR) is 57.0 cm³/mol. The van der Waals surface area contributed by atoms with E-state index in [9.17, 15) is 0 Å². The molecule has 1 aliphatic rings. The van der Waals surface area contributed by atoms with Gasteiger partial charge in [-0.2, -0.15) is 0 Å². The van der Waals surface area contributed by atoms with Gasteiger partial charge in [0.25, 0.3) is 0 Å². The van der Waals surface area contributed by atoms with Gasteiger partial charge in [-0.1, -0.05) is 12.2 Å². The zero-order chi connectivity index (χ0) is 9.80. The molecule has 74 valence electrons. The summed E-state index contributed by atoms with van der Waals surface area (Å²) in [6, 6.07) is 0. The number of nitrogens with zero attached hydrogens (tertiary/aromatic N) is 2. The highest BCUT2D eigenvalue weighted by atomic mass is 14.8. The van der Waals surface area contributed by atoms with Crippen LogP contribution < -0.4 is 0 Å². The molecule has 1 atom stereocenters. The van der Waals surface area contributed by atoms with Gasteiger partial charge >= 0.3 is 0 Å². The van der Waals surface area contributed by atoms with Gasteiger partial charge in [-0.05, 0) is 38.5 Å². The van der Waals surface area contributed by atoms with Gasteiger partial charge in [-0.15, -0.1) is 0 Å². The number of aromatic nitrogens is 2. The molecule has 0 bridgehead atoms. The second-order valence-electron chi connectivity index (χ2n) is 3.98. The van der Waals surface area contributed by atoms with E-state index < -0.39 is 0 Å². The molecule has 0 fully saturated rings. The molecule has 0 saturated carbocycles. The molecule has 2 rings (SSSR count). The Bertz CT molecular complexity index is 331. The van der Waals surface area contributed by atoms with Gasteiger partial charge < -0.3 is 0 Å². The fourth-order valence-corrected chi connectivity index (χ4v) is 1.94. The SMILES string of the molecule is Cc1cncc(C[C@H]2C=CCCC2)n1. The first kappa shape index (κ1) is 9.38. The number of hydrogen-bond donors (Lipinski definition) is 0. The summed E-state index contributed by atoms with van der Waals surface area (Å²) >= 11 is 0. The minimum Gasteiger partial charge on any atom is -0.261 e. The van der Waals surface area contributed by atoms with Gasteiger partial charge in [0.2, 0.25) is 0 Å². The van der Waals surface area contributed by atoms with Gasteiger partial charge in [0.05, 0.1) is 11.4 Å². The first-order chi connectivity index (χ1) is 6.84. The molecule has 1 aromatic heterocycles.